The van der Waals surface area contributed by atoms with Gasteiger partial charge in [0.05, 0.1) is 0 Å². The van der Waals surface area contributed by atoms with Crippen LogP contribution in [-0.4, -0.2) is 0 Å². The Morgan fingerprint density at radius 2 is 2.43 bits per heavy atom. The van der Waals surface area contributed by atoms with Gasteiger partial charge in [-0.25, -0.2) is 0 Å². The molecule has 0 aromatic heterocycles. The molecule has 0 amide bonds. The molecule has 2 bridgehead atoms. The largest absolute Gasteiger partial charge is 0.0810 e. The fraction of sp³-hybridized carbons (Fsp3) is 0.429. The maximum atomic E-state index is 3.24. The lowest BCUT2D eigenvalue weighted by atomic mass is 10.2. The summed E-state index contributed by atoms with van der Waals surface area (Å²) in [7, 11) is 0. The van der Waals surface area contributed by atoms with Gasteiger partial charge in [-0.1, -0.05) is 18.2 Å². The van der Waals surface area contributed by atoms with E-state index in [1.165, 1.54) is 6.42 Å². The Morgan fingerprint density at radius 3 is 2.57 bits per heavy atom. The van der Waals surface area contributed by atoms with Gasteiger partial charge in [0.15, 0.2) is 0 Å². The number of rotatable bonds is 0. The Balaban J connectivity index is 2.38. The van der Waals surface area contributed by atoms with E-state index in [1.807, 2.05) is 0 Å². The Labute approximate surface area is 43.5 Å². The minimum absolute atomic E-state index is 0.685. The topological polar surface area (TPSA) is 0 Å². The molecule has 0 saturated heterocycles. The van der Waals surface area contributed by atoms with E-state index in [-0.39, 0.29) is 0 Å². The third kappa shape index (κ3) is 0.365. The SMILES string of the molecule is [C]1=CC2C=CC1C2. The summed E-state index contributed by atoms with van der Waals surface area (Å²) < 4.78 is 0. The van der Waals surface area contributed by atoms with Crippen LogP contribution in [0.4, 0.5) is 0 Å². The van der Waals surface area contributed by atoms with E-state index in [0.29, 0.717) is 5.92 Å². The molecular weight excluding hydrogens is 84.1 g/mol. The molecule has 2 aliphatic carbocycles. The van der Waals surface area contributed by atoms with Crippen molar-refractivity contribution < 1.29 is 0 Å². The summed E-state index contributed by atoms with van der Waals surface area (Å²) in [5, 5.41) is 0. The maximum Gasteiger partial charge on any atom is 0.00266 e. The highest BCUT2D eigenvalue weighted by Gasteiger charge is 2.19. The van der Waals surface area contributed by atoms with Crippen LogP contribution in [0.2, 0.25) is 0 Å². The predicted molar refractivity (Wildman–Crippen MR) is 28.5 cm³/mol. The highest BCUT2D eigenvalue weighted by atomic mass is 14.2. The lowest BCUT2D eigenvalue weighted by molar-refractivity contribution is 0.725. The molecule has 2 aliphatic rings. The zero-order valence-electron chi connectivity index (χ0n) is 4.09. The normalized spacial score (nSPS) is 43.4. The molecule has 2 unspecified atom stereocenters. The molecule has 0 N–H and O–H groups in total. The molecule has 2 atom stereocenters. The van der Waals surface area contributed by atoms with E-state index in [1.54, 1.807) is 0 Å². The molecule has 0 aromatic rings. The van der Waals surface area contributed by atoms with Crippen molar-refractivity contribution in [3.05, 3.63) is 24.3 Å². The van der Waals surface area contributed by atoms with Crippen LogP contribution in [-0.2, 0) is 0 Å². The van der Waals surface area contributed by atoms with Crippen LogP contribution in [0.3, 0.4) is 0 Å². The summed E-state index contributed by atoms with van der Waals surface area (Å²) in [6, 6.07) is 0. The number of hydrogen-bond donors (Lipinski definition) is 0. The summed E-state index contributed by atoms with van der Waals surface area (Å²) in [5.41, 5.74) is 0. The first-order valence-corrected chi connectivity index (χ1v) is 2.73. The number of hydrogen-bond acceptors (Lipinski definition) is 0. The van der Waals surface area contributed by atoms with Gasteiger partial charge in [0.2, 0.25) is 0 Å². The van der Waals surface area contributed by atoms with Gasteiger partial charge in [-0.2, -0.15) is 0 Å². The minimum Gasteiger partial charge on any atom is -0.0810 e. The van der Waals surface area contributed by atoms with Gasteiger partial charge in [-0.15, -0.1) is 0 Å². The van der Waals surface area contributed by atoms with Crippen molar-refractivity contribution in [3.63, 3.8) is 0 Å². The Bertz CT molecular complexity index is 103. The van der Waals surface area contributed by atoms with E-state index >= 15 is 0 Å². The summed E-state index contributed by atoms with van der Waals surface area (Å²) in [4.78, 5) is 0. The summed E-state index contributed by atoms with van der Waals surface area (Å²) in [6.07, 6.45) is 11.2. The van der Waals surface area contributed by atoms with Gasteiger partial charge in [-0.05, 0) is 18.4 Å². The number of fused-ring (bicyclic) bond motifs is 2. The first-order chi connectivity index (χ1) is 3.45. The lowest BCUT2D eigenvalue weighted by Crippen LogP contribution is -1.79. The molecule has 0 spiro atoms. The molecule has 0 heteroatoms. The Morgan fingerprint density at radius 1 is 1.43 bits per heavy atom. The van der Waals surface area contributed by atoms with Crippen LogP contribution in [0.1, 0.15) is 6.42 Å². The molecule has 0 heterocycles. The van der Waals surface area contributed by atoms with Gasteiger partial charge in [0, 0.05) is 5.92 Å². The van der Waals surface area contributed by atoms with Crippen molar-refractivity contribution in [2.45, 2.75) is 6.42 Å². The third-order valence-electron chi connectivity index (χ3n) is 1.64. The molecule has 7 heavy (non-hydrogen) atoms. The zero-order chi connectivity index (χ0) is 4.69. The average Bonchev–Trinajstić information content (AvgIpc) is 2.22. The van der Waals surface area contributed by atoms with E-state index in [2.05, 4.69) is 24.3 Å². The van der Waals surface area contributed by atoms with Crippen molar-refractivity contribution in [1.82, 2.24) is 0 Å². The molecule has 0 fully saturated rings. The lowest BCUT2D eigenvalue weighted by Gasteiger charge is -1.88. The molecule has 2 rings (SSSR count). The molecule has 1 radical (unpaired) electrons. The van der Waals surface area contributed by atoms with Crippen LogP contribution >= 0.6 is 0 Å². The second-order valence-corrected chi connectivity index (χ2v) is 2.22. The molecule has 0 aromatic carbocycles. The molecule has 0 saturated carbocycles. The van der Waals surface area contributed by atoms with Crippen molar-refractivity contribution in [3.8, 4) is 0 Å². The monoisotopic (exact) mass is 91.1 g/mol. The second kappa shape index (κ2) is 1.00. The third-order valence-corrected chi connectivity index (χ3v) is 1.64. The van der Waals surface area contributed by atoms with E-state index in [9.17, 15) is 0 Å². The summed E-state index contributed by atoms with van der Waals surface area (Å²) in [5.74, 6) is 1.44. The van der Waals surface area contributed by atoms with Crippen LogP contribution in [0.5, 0.6) is 0 Å². The van der Waals surface area contributed by atoms with Crippen molar-refractivity contribution in [2.75, 3.05) is 0 Å². The van der Waals surface area contributed by atoms with E-state index in [0.717, 1.165) is 5.92 Å². The first kappa shape index (κ1) is 3.48. The van der Waals surface area contributed by atoms with Gasteiger partial charge < -0.3 is 0 Å². The van der Waals surface area contributed by atoms with Gasteiger partial charge in [0.25, 0.3) is 0 Å². The quantitative estimate of drug-likeness (QED) is 0.397. The summed E-state index contributed by atoms with van der Waals surface area (Å²) >= 11 is 0. The van der Waals surface area contributed by atoms with Gasteiger partial charge in [-0.3, -0.25) is 0 Å². The van der Waals surface area contributed by atoms with Crippen LogP contribution in [0.25, 0.3) is 0 Å². The molecular formula is C7H7. The fourth-order valence-electron chi connectivity index (χ4n) is 1.22. The highest BCUT2D eigenvalue weighted by Crippen LogP contribution is 2.30. The standard InChI is InChI=1S/C7H7/c1-2-7-4-3-6(1)5-7/h1-3,6-7H,5H2. The smallest absolute Gasteiger partial charge is 0.00266 e. The number of allylic oxidation sites excluding steroid dienone is 4. The predicted octanol–water partition coefficient (Wildman–Crippen LogP) is 1.55. The first-order valence-electron chi connectivity index (χ1n) is 2.73. The van der Waals surface area contributed by atoms with E-state index in [4.69, 9.17) is 0 Å². The summed E-state index contributed by atoms with van der Waals surface area (Å²) in [6.45, 7) is 0. The van der Waals surface area contributed by atoms with Crippen LogP contribution in [0, 0.1) is 17.9 Å². The minimum atomic E-state index is 0.685. The van der Waals surface area contributed by atoms with Crippen LogP contribution < -0.4 is 0 Å². The van der Waals surface area contributed by atoms with Gasteiger partial charge in [0.1, 0.15) is 0 Å². The maximum absolute atomic E-state index is 3.24. The van der Waals surface area contributed by atoms with E-state index < -0.39 is 0 Å². The zero-order valence-corrected chi connectivity index (χ0v) is 4.09. The van der Waals surface area contributed by atoms with Crippen molar-refractivity contribution in [1.29, 1.82) is 0 Å². The molecule has 0 aliphatic heterocycles. The molecule has 0 nitrogen and oxygen atoms in total. The molecule has 35 valence electrons. The average molecular weight is 91.1 g/mol. The Kier molecular flexibility index (Phi) is 0.498. The van der Waals surface area contributed by atoms with Crippen LogP contribution in [0.15, 0.2) is 18.2 Å². The Hall–Kier alpha value is -0.520. The van der Waals surface area contributed by atoms with Gasteiger partial charge >= 0.3 is 0 Å². The fourth-order valence-corrected chi connectivity index (χ4v) is 1.22. The second-order valence-electron chi connectivity index (χ2n) is 2.22. The van der Waals surface area contributed by atoms with Crippen molar-refractivity contribution >= 4 is 0 Å². The highest BCUT2D eigenvalue weighted by molar-refractivity contribution is 5.17. The van der Waals surface area contributed by atoms with Crippen molar-refractivity contribution in [2.24, 2.45) is 11.8 Å².